The molecule has 1 aliphatic heterocycles. The SMILES string of the molecule is Cc1scc(C(=O)N(C(=O)C2CCCNC2)C2CC2)c1C. The second-order valence-corrected chi connectivity index (χ2v) is 7.20. The van der Waals surface area contributed by atoms with Crippen LogP contribution in [0.4, 0.5) is 0 Å². The largest absolute Gasteiger partial charge is 0.316 e. The zero-order chi connectivity index (χ0) is 15.0. The third kappa shape index (κ3) is 2.90. The Morgan fingerprint density at radius 1 is 1.29 bits per heavy atom. The molecule has 1 saturated carbocycles. The summed E-state index contributed by atoms with van der Waals surface area (Å²) in [4.78, 5) is 28.3. The second-order valence-electron chi connectivity index (χ2n) is 6.12. The fourth-order valence-electron chi connectivity index (χ4n) is 2.89. The molecule has 21 heavy (non-hydrogen) atoms. The Balaban J connectivity index is 1.82. The summed E-state index contributed by atoms with van der Waals surface area (Å²) in [5, 5.41) is 5.16. The zero-order valence-corrected chi connectivity index (χ0v) is 13.5. The van der Waals surface area contributed by atoms with Gasteiger partial charge in [0, 0.05) is 22.8 Å². The van der Waals surface area contributed by atoms with Gasteiger partial charge >= 0.3 is 0 Å². The van der Waals surface area contributed by atoms with Crippen molar-refractivity contribution in [2.45, 2.75) is 45.6 Å². The molecule has 0 spiro atoms. The summed E-state index contributed by atoms with van der Waals surface area (Å²) in [5.41, 5.74) is 1.73. The van der Waals surface area contributed by atoms with E-state index < -0.39 is 0 Å². The molecule has 0 aromatic carbocycles. The maximum absolute atomic E-state index is 12.8. The van der Waals surface area contributed by atoms with Crippen molar-refractivity contribution in [3.05, 3.63) is 21.4 Å². The highest BCUT2D eigenvalue weighted by atomic mass is 32.1. The van der Waals surface area contributed by atoms with E-state index in [1.54, 1.807) is 16.2 Å². The van der Waals surface area contributed by atoms with E-state index >= 15 is 0 Å². The number of hydrogen-bond acceptors (Lipinski definition) is 4. The van der Waals surface area contributed by atoms with Gasteiger partial charge in [-0.2, -0.15) is 0 Å². The Morgan fingerprint density at radius 2 is 2.05 bits per heavy atom. The molecular formula is C16H22N2O2S. The van der Waals surface area contributed by atoms with E-state index in [9.17, 15) is 9.59 Å². The number of aryl methyl sites for hydroxylation is 1. The van der Waals surface area contributed by atoms with Crippen molar-refractivity contribution in [2.75, 3.05) is 13.1 Å². The van der Waals surface area contributed by atoms with Gasteiger partial charge in [0.05, 0.1) is 11.5 Å². The molecule has 0 radical (unpaired) electrons. The lowest BCUT2D eigenvalue weighted by molar-refractivity contribution is -0.133. The molecule has 2 fully saturated rings. The quantitative estimate of drug-likeness (QED) is 0.873. The van der Waals surface area contributed by atoms with Gasteiger partial charge in [-0.15, -0.1) is 11.3 Å². The van der Waals surface area contributed by atoms with E-state index in [1.807, 2.05) is 19.2 Å². The number of thiophene rings is 1. The number of piperidine rings is 1. The molecule has 2 aliphatic rings. The monoisotopic (exact) mass is 306 g/mol. The van der Waals surface area contributed by atoms with Crippen molar-refractivity contribution in [2.24, 2.45) is 5.92 Å². The first-order chi connectivity index (χ1) is 10.1. The van der Waals surface area contributed by atoms with Crippen LogP contribution in [0, 0.1) is 19.8 Å². The average molecular weight is 306 g/mol. The Kier molecular flexibility index (Phi) is 4.13. The van der Waals surface area contributed by atoms with E-state index in [2.05, 4.69) is 5.32 Å². The van der Waals surface area contributed by atoms with Gasteiger partial charge in [0.15, 0.2) is 0 Å². The number of nitrogens with zero attached hydrogens (tertiary/aromatic N) is 1. The molecule has 0 bridgehead atoms. The lowest BCUT2D eigenvalue weighted by Gasteiger charge is -2.28. The standard InChI is InChI=1S/C16H22N2O2S/c1-10-11(2)21-9-14(10)16(20)18(13-5-6-13)15(19)12-4-3-7-17-8-12/h9,12-13,17H,3-8H2,1-2H3. The molecule has 3 rings (SSSR count). The van der Waals surface area contributed by atoms with Crippen LogP contribution in [0.5, 0.6) is 0 Å². The molecule has 2 heterocycles. The van der Waals surface area contributed by atoms with E-state index in [0.717, 1.165) is 42.7 Å². The van der Waals surface area contributed by atoms with Crippen LogP contribution in [0.15, 0.2) is 5.38 Å². The highest BCUT2D eigenvalue weighted by molar-refractivity contribution is 7.10. The summed E-state index contributed by atoms with van der Waals surface area (Å²) in [6, 6.07) is 0.131. The first-order valence-electron chi connectivity index (χ1n) is 7.72. The summed E-state index contributed by atoms with van der Waals surface area (Å²) in [7, 11) is 0. The number of carbonyl (C=O) groups is 2. The topological polar surface area (TPSA) is 49.4 Å². The van der Waals surface area contributed by atoms with E-state index in [1.165, 1.54) is 0 Å². The molecule has 1 unspecified atom stereocenters. The predicted octanol–water partition coefficient (Wildman–Crippen LogP) is 2.50. The van der Waals surface area contributed by atoms with Gasteiger partial charge in [-0.05, 0) is 51.6 Å². The number of nitrogens with one attached hydrogen (secondary N) is 1. The third-order valence-corrected chi connectivity index (χ3v) is 5.54. The first kappa shape index (κ1) is 14.7. The van der Waals surface area contributed by atoms with Gasteiger partial charge in [-0.25, -0.2) is 0 Å². The third-order valence-electron chi connectivity index (χ3n) is 4.53. The molecule has 1 atom stereocenters. The smallest absolute Gasteiger partial charge is 0.261 e. The first-order valence-corrected chi connectivity index (χ1v) is 8.60. The second kappa shape index (κ2) is 5.89. The molecule has 1 aliphatic carbocycles. The summed E-state index contributed by atoms with van der Waals surface area (Å²) >= 11 is 1.59. The van der Waals surface area contributed by atoms with Crippen LogP contribution in [0.3, 0.4) is 0 Å². The lowest BCUT2D eigenvalue weighted by atomic mass is 9.97. The maximum atomic E-state index is 12.8. The zero-order valence-electron chi connectivity index (χ0n) is 12.6. The van der Waals surface area contributed by atoms with Crippen LogP contribution in [0.2, 0.25) is 0 Å². The number of hydrogen-bond donors (Lipinski definition) is 1. The summed E-state index contributed by atoms with van der Waals surface area (Å²) in [6.45, 7) is 5.67. The Morgan fingerprint density at radius 3 is 2.57 bits per heavy atom. The van der Waals surface area contributed by atoms with Gasteiger partial charge in [-0.1, -0.05) is 0 Å². The van der Waals surface area contributed by atoms with E-state index in [0.29, 0.717) is 12.1 Å². The lowest BCUT2D eigenvalue weighted by Crippen LogP contribution is -2.46. The van der Waals surface area contributed by atoms with Crippen molar-refractivity contribution in [3.8, 4) is 0 Å². The van der Waals surface area contributed by atoms with E-state index in [4.69, 9.17) is 0 Å². The minimum Gasteiger partial charge on any atom is -0.316 e. The predicted molar refractivity (Wildman–Crippen MR) is 83.6 cm³/mol. The summed E-state index contributed by atoms with van der Waals surface area (Å²) in [6.07, 6.45) is 3.82. The highest BCUT2D eigenvalue weighted by Crippen LogP contribution is 2.32. The molecule has 1 aromatic heterocycles. The molecule has 4 nitrogen and oxygen atoms in total. The van der Waals surface area contributed by atoms with Crippen molar-refractivity contribution >= 4 is 23.2 Å². The van der Waals surface area contributed by atoms with Gasteiger partial charge in [-0.3, -0.25) is 14.5 Å². The molecule has 1 saturated heterocycles. The minimum atomic E-state index is -0.0880. The van der Waals surface area contributed by atoms with Crippen molar-refractivity contribution in [1.29, 1.82) is 0 Å². The highest BCUT2D eigenvalue weighted by Gasteiger charge is 2.41. The number of imide groups is 1. The molecule has 1 N–H and O–H groups in total. The van der Waals surface area contributed by atoms with E-state index in [-0.39, 0.29) is 23.8 Å². The molecule has 114 valence electrons. The van der Waals surface area contributed by atoms with Crippen LogP contribution < -0.4 is 5.32 Å². The molecule has 5 heteroatoms. The van der Waals surface area contributed by atoms with Crippen molar-refractivity contribution in [3.63, 3.8) is 0 Å². The number of amides is 2. The van der Waals surface area contributed by atoms with Crippen molar-refractivity contribution in [1.82, 2.24) is 10.2 Å². The van der Waals surface area contributed by atoms with Crippen LogP contribution in [-0.2, 0) is 4.79 Å². The fourth-order valence-corrected chi connectivity index (χ4v) is 3.75. The maximum Gasteiger partial charge on any atom is 0.261 e. The summed E-state index contributed by atoms with van der Waals surface area (Å²) in [5.74, 6) is -0.101. The van der Waals surface area contributed by atoms with Gasteiger partial charge in [0.25, 0.3) is 5.91 Å². The van der Waals surface area contributed by atoms with Crippen molar-refractivity contribution < 1.29 is 9.59 Å². The van der Waals surface area contributed by atoms with Gasteiger partial charge in [0.1, 0.15) is 0 Å². The average Bonchev–Trinajstić information content (AvgIpc) is 3.27. The van der Waals surface area contributed by atoms with Crippen LogP contribution >= 0.6 is 11.3 Å². The Bertz CT molecular complexity index is 557. The fraction of sp³-hybridized carbons (Fsp3) is 0.625. The number of carbonyl (C=O) groups excluding carboxylic acids is 2. The van der Waals surface area contributed by atoms with Crippen LogP contribution in [0.25, 0.3) is 0 Å². The summed E-state index contributed by atoms with van der Waals surface area (Å²) < 4.78 is 0. The Hall–Kier alpha value is -1.20. The van der Waals surface area contributed by atoms with Crippen LogP contribution in [0.1, 0.15) is 46.5 Å². The van der Waals surface area contributed by atoms with Gasteiger partial charge in [0.2, 0.25) is 5.91 Å². The Labute approximate surface area is 129 Å². The number of rotatable bonds is 3. The normalized spacial score (nSPS) is 22.1. The van der Waals surface area contributed by atoms with Crippen LogP contribution in [-0.4, -0.2) is 35.8 Å². The molecule has 1 aromatic rings. The molecule has 2 amide bonds. The van der Waals surface area contributed by atoms with Gasteiger partial charge < -0.3 is 5.32 Å². The molecular weight excluding hydrogens is 284 g/mol. The minimum absolute atomic E-state index is 0.0259.